The predicted octanol–water partition coefficient (Wildman–Crippen LogP) is 8.52. The average molecular weight is 443 g/mol. The molecule has 0 atom stereocenters. The van der Waals surface area contributed by atoms with Crippen LogP contribution in [0.1, 0.15) is 40.2 Å². The van der Waals surface area contributed by atoms with Gasteiger partial charge in [-0.25, -0.2) is 0 Å². The number of aryl methyl sites for hydroxylation is 1. The Hall–Kier alpha value is -3.64. The van der Waals surface area contributed by atoms with Gasteiger partial charge in [0.1, 0.15) is 0 Å². The molecule has 0 radical (unpaired) electrons. The molecule has 0 heteroatoms. The number of benzene rings is 5. The number of rotatable bonds is 3. The molecule has 5 aromatic carbocycles. The maximum atomic E-state index is 2.33. The van der Waals surface area contributed by atoms with Crippen molar-refractivity contribution in [1.82, 2.24) is 0 Å². The first-order valence-corrected chi connectivity index (χ1v) is 12.5. The molecule has 0 aliphatic rings. The molecule has 0 N–H and O–H groups in total. The smallest absolute Gasteiger partial charge is 0.00296 e. The van der Waals surface area contributed by atoms with Crippen LogP contribution < -0.4 is 10.4 Å². The Balaban J connectivity index is 0.00000133. The summed E-state index contributed by atoms with van der Waals surface area (Å²) >= 11 is 0. The van der Waals surface area contributed by atoms with Gasteiger partial charge in [-0.2, -0.15) is 0 Å². The third-order valence-electron chi connectivity index (χ3n) is 6.56. The van der Waals surface area contributed by atoms with Gasteiger partial charge >= 0.3 is 0 Å². The second-order valence-electron chi connectivity index (χ2n) is 8.31. The lowest BCUT2D eigenvalue weighted by Crippen LogP contribution is -2.29. The van der Waals surface area contributed by atoms with Crippen LogP contribution in [-0.2, 0) is 6.42 Å². The standard InChI is InChI=1S/C32H28.C2H6/c1-4-22-15-17-24(18-16-22)31-27(5-2)28(6-3)32(30-14-10-9-13-29(30)31)26-20-19-23-11-7-8-12-25(23)21-26;1-2/h5-21H,4H2,1-3H3;1-2H3/b27-5+,28-6+;. The topological polar surface area (TPSA) is 0 Å². The van der Waals surface area contributed by atoms with E-state index in [4.69, 9.17) is 0 Å². The number of hydrogen-bond donors (Lipinski definition) is 0. The Morgan fingerprint density at radius 2 is 1.06 bits per heavy atom. The molecule has 0 nitrogen and oxygen atoms in total. The summed E-state index contributed by atoms with van der Waals surface area (Å²) in [6.45, 7) is 10.5. The zero-order chi connectivity index (χ0) is 24.1. The minimum atomic E-state index is 1.06. The van der Waals surface area contributed by atoms with Crippen LogP contribution in [0, 0.1) is 0 Å². The largest absolute Gasteiger partial charge is 0.0791 e. The quantitative estimate of drug-likeness (QED) is 0.263. The molecule has 0 amide bonds. The Morgan fingerprint density at radius 3 is 1.62 bits per heavy atom. The highest BCUT2D eigenvalue weighted by Crippen LogP contribution is 2.32. The molecule has 0 saturated carbocycles. The van der Waals surface area contributed by atoms with Crippen LogP contribution in [0.2, 0.25) is 0 Å². The van der Waals surface area contributed by atoms with E-state index in [2.05, 4.69) is 124 Å². The van der Waals surface area contributed by atoms with Crippen molar-refractivity contribution in [3.63, 3.8) is 0 Å². The van der Waals surface area contributed by atoms with Gasteiger partial charge in [-0.05, 0) is 86.1 Å². The van der Waals surface area contributed by atoms with Crippen molar-refractivity contribution >= 4 is 33.7 Å². The third kappa shape index (κ3) is 4.17. The van der Waals surface area contributed by atoms with Gasteiger partial charge in [0, 0.05) is 0 Å². The van der Waals surface area contributed by atoms with E-state index >= 15 is 0 Å². The van der Waals surface area contributed by atoms with Gasteiger partial charge in [0.2, 0.25) is 0 Å². The van der Waals surface area contributed by atoms with E-state index in [1.807, 2.05) is 13.8 Å². The number of hydrogen-bond acceptors (Lipinski definition) is 0. The lowest BCUT2D eigenvalue weighted by molar-refractivity contribution is 1.14. The van der Waals surface area contributed by atoms with Crippen molar-refractivity contribution in [1.29, 1.82) is 0 Å². The summed E-state index contributed by atoms with van der Waals surface area (Å²) < 4.78 is 0. The molecule has 5 aromatic rings. The van der Waals surface area contributed by atoms with Gasteiger partial charge in [0.05, 0.1) is 0 Å². The first-order valence-electron chi connectivity index (χ1n) is 12.5. The van der Waals surface area contributed by atoms with Crippen LogP contribution in [0.25, 0.3) is 56.0 Å². The summed E-state index contributed by atoms with van der Waals surface area (Å²) in [5.74, 6) is 0. The van der Waals surface area contributed by atoms with Gasteiger partial charge in [-0.15, -0.1) is 0 Å². The van der Waals surface area contributed by atoms with Crippen molar-refractivity contribution in [2.24, 2.45) is 0 Å². The Morgan fingerprint density at radius 1 is 0.559 bits per heavy atom. The summed E-state index contributed by atoms with van der Waals surface area (Å²) in [7, 11) is 0. The molecule has 0 unspecified atom stereocenters. The van der Waals surface area contributed by atoms with Crippen molar-refractivity contribution < 1.29 is 0 Å². The predicted molar refractivity (Wildman–Crippen MR) is 153 cm³/mol. The first kappa shape index (κ1) is 23.5. The Kier molecular flexibility index (Phi) is 7.28. The van der Waals surface area contributed by atoms with E-state index in [-0.39, 0.29) is 0 Å². The van der Waals surface area contributed by atoms with E-state index in [0.29, 0.717) is 0 Å². The molecule has 0 aromatic heterocycles. The van der Waals surface area contributed by atoms with Gasteiger partial charge in [0.15, 0.2) is 0 Å². The Bertz CT molecular complexity index is 1550. The monoisotopic (exact) mass is 442 g/mol. The zero-order valence-electron chi connectivity index (χ0n) is 21.0. The van der Waals surface area contributed by atoms with Crippen molar-refractivity contribution in [3.05, 3.63) is 107 Å². The molecule has 0 aliphatic heterocycles. The second-order valence-corrected chi connectivity index (χ2v) is 8.31. The van der Waals surface area contributed by atoms with Crippen LogP contribution >= 0.6 is 0 Å². The van der Waals surface area contributed by atoms with Gasteiger partial charge < -0.3 is 0 Å². The fourth-order valence-corrected chi connectivity index (χ4v) is 4.95. The van der Waals surface area contributed by atoms with E-state index in [1.165, 1.54) is 59.8 Å². The molecule has 0 fully saturated rings. The molecule has 0 aliphatic carbocycles. The normalized spacial score (nSPS) is 12.1. The summed E-state index contributed by atoms with van der Waals surface area (Å²) in [5, 5.41) is 7.76. The molecule has 0 heterocycles. The maximum Gasteiger partial charge on any atom is -0.00296 e. The fraction of sp³-hybridized carbons (Fsp3) is 0.176. The molecule has 5 rings (SSSR count). The van der Waals surface area contributed by atoms with Gasteiger partial charge in [-0.3, -0.25) is 0 Å². The lowest BCUT2D eigenvalue weighted by atomic mass is 9.87. The lowest BCUT2D eigenvalue weighted by Gasteiger charge is -2.16. The van der Waals surface area contributed by atoms with E-state index in [0.717, 1.165) is 6.42 Å². The van der Waals surface area contributed by atoms with Crippen LogP contribution in [0.15, 0.2) is 91.0 Å². The second kappa shape index (κ2) is 10.5. The highest BCUT2D eigenvalue weighted by Gasteiger charge is 2.14. The molecule has 170 valence electrons. The molecule has 0 spiro atoms. The van der Waals surface area contributed by atoms with Gasteiger partial charge in [0.25, 0.3) is 0 Å². The average Bonchev–Trinajstić information content (AvgIpc) is 2.92. The van der Waals surface area contributed by atoms with Crippen molar-refractivity contribution in [2.45, 2.75) is 41.0 Å². The van der Waals surface area contributed by atoms with Crippen LogP contribution in [0.3, 0.4) is 0 Å². The summed E-state index contributed by atoms with van der Waals surface area (Å²) in [5.41, 5.74) is 6.55. The van der Waals surface area contributed by atoms with E-state index in [1.54, 1.807) is 0 Å². The molecule has 0 saturated heterocycles. The zero-order valence-corrected chi connectivity index (χ0v) is 21.0. The first-order chi connectivity index (χ1) is 16.7. The summed E-state index contributed by atoms with van der Waals surface area (Å²) in [6.07, 6.45) is 5.61. The Labute approximate surface area is 203 Å². The van der Waals surface area contributed by atoms with Gasteiger partial charge in [-0.1, -0.05) is 118 Å². The highest BCUT2D eigenvalue weighted by molar-refractivity contribution is 6.06. The van der Waals surface area contributed by atoms with Crippen molar-refractivity contribution in [2.75, 3.05) is 0 Å². The van der Waals surface area contributed by atoms with E-state index < -0.39 is 0 Å². The summed E-state index contributed by atoms with van der Waals surface area (Å²) in [4.78, 5) is 0. The SMILES string of the molecule is C/C=c1/c(-c2ccc(CC)cc2)c2ccccc2c(-c2ccc3ccccc3c2)/c1=C/C.CC. The number of fused-ring (bicyclic) bond motifs is 2. The van der Waals surface area contributed by atoms with Crippen molar-refractivity contribution in [3.8, 4) is 22.3 Å². The minimum absolute atomic E-state index is 1.06. The van der Waals surface area contributed by atoms with Crippen LogP contribution in [0.4, 0.5) is 0 Å². The van der Waals surface area contributed by atoms with Crippen LogP contribution in [0.5, 0.6) is 0 Å². The van der Waals surface area contributed by atoms with Crippen LogP contribution in [-0.4, -0.2) is 0 Å². The molecular formula is C34H34. The minimum Gasteiger partial charge on any atom is -0.0791 e. The molecule has 0 bridgehead atoms. The maximum absolute atomic E-state index is 2.33. The summed E-state index contributed by atoms with van der Waals surface area (Å²) in [6, 6.07) is 33.4. The third-order valence-corrected chi connectivity index (χ3v) is 6.56. The fourth-order valence-electron chi connectivity index (χ4n) is 4.95. The molecular weight excluding hydrogens is 408 g/mol. The molecule has 34 heavy (non-hydrogen) atoms. The highest BCUT2D eigenvalue weighted by atomic mass is 14.2. The van der Waals surface area contributed by atoms with E-state index in [9.17, 15) is 0 Å².